The van der Waals surface area contributed by atoms with Gasteiger partial charge >= 0.3 is 0 Å². The van der Waals surface area contributed by atoms with Crippen LogP contribution in [0.5, 0.6) is 0 Å². The second-order valence-electron chi connectivity index (χ2n) is 5.15. The van der Waals surface area contributed by atoms with Crippen LogP contribution in [-0.4, -0.2) is 18.3 Å². The molecule has 0 spiro atoms. The van der Waals surface area contributed by atoms with Crippen LogP contribution >= 0.6 is 0 Å². The molecule has 0 atom stereocenters. The van der Waals surface area contributed by atoms with Gasteiger partial charge in [0.2, 0.25) is 0 Å². The molecule has 0 aliphatic heterocycles. The smallest absolute Gasteiger partial charge is 0.0995 e. The van der Waals surface area contributed by atoms with Crippen LogP contribution in [0.25, 0.3) is 5.69 Å². The first-order valence-corrected chi connectivity index (χ1v) is 9.29. The number of benzene rings is 1. The number of aryl methyl sites for hydroxylation is 2. The zero-order chi connectivity index (χ0) is 12.4. The van der Waals surface area contributed by atoms with Gasteiger partial charge in [0.15, 0.2) is 0 Å². The van der Waals surface area contributed by atoms with E-state index in [1.165, 1.54) is 22.9 Å². The van der Waals surface area contributed by atoms with Crippen LogP contribution in [0.15, 0.2) is 30.7 Å². The average molecular weight is 244 g/mol. The molecule has 0 bridgehead atoms. The maximum atomic E-state index is 4.31. The summed E-state index contributed by atoms with van der Waals surface area (Å²) in [5.74, 6) is 0. The first kappa shape index (κ1) is 12.1. The third-order valence-corrected chi connectivity index (χ3v) is 4.11. The molecule has 3 heteroatoms. The second kappa shape index (κ2) is 4.88. The number of hydrogen-bond acceptors (Lipinski definition) is 1. The zero-order valence-corrected chi connectivity index (χ0v) is 12.2. The highest BCUT2D eigenvalue weighted by atomic mass is 28.3. The van der Waals surface area contributed by atoms with Crippen LogP contribution in [0.4, 0.5) is 0 Å². The lowest BCUT2D eigenvalue weighted by molar-refractivity contribution is 1.03. The SMILES string of the molecule is Cc1ccc(-n2cnc(C)c2)c(C[SiH](C)C)c1. The van der Waals surface area contributed by atoms with Crippen molar-refractivity contribution in [2.75, 3.05) is 0 Å². The van der Waals surface area contributed by atoms with Crippen molar-refractivity contribution in [3.05, 3.63) is 47.5 Å². The predicted octanol–water partition coefficient (Wildman–Crippen LogP) is 3.06. The van der Waals surface area contributed by atoms with Crippen LogP contribution in [0.2, 0.25) is 13.1 Å². The van der Waals surface area contributed by atoms with Gasteiger partial charge in [-0.15, -0.1) is 0 Å². The summed E-state index contributed by atoms with van der Waals surface area (Å²) in [4.78, 5) is 4.31. The van der Waals surface area contributed by atoms with Crippen LogP contribution in [0.1, 0.15) is 16.8 Å². The number of aromatic nitrogens is 2. The largest absolute Gasteiger partial charge is 0.306 e. The van der Waals surface area contributed by atoms with E-state index in [1.54, 1.807) is 0 Å². The molecule has 0 aliphatic rings. The Morgan fingerprint density at radius 1 is 1.24 bits per heavy atom. The van der Waals surface area contributed by atoms with Crippen molar-refractivity contribution in [3.8, 4) is 5.69 Å². The highest BCUT2D eigenvalue weighted by Gasteiger charge is 2.08. The lowest BCUT2D eigenvalue weighted by atomic mass is 10.1. The Kier molecular flexibility index (Phi) is 3.48. The third-order valence-electron chi connectivity index (χ3n) is 2.85. The molecule has 0 radical (unpaired) electrons. The second-order valence-corrected chi connectivity index (χ2v) is 8.35. The van der Waals surface area contributed by atoms with Crippen molar-refractivity contribution in [3.63, 3.8) is 0 Å². The minimum absolute atomic E-state index is 0.596. The minimum atomic E-state index is -0.596. The highest BCUT2D eigenvalue weighted by molar-refractivity contribution is 6.55. The molecule has 2 aromatic rings. The van der Waals surface area contributed by atoms with Crippen molar-refractivity contribution < 1.29 is 0 Å². The lowest BCUT2D eigenvalue weighted by Crippen LogP contribution is -2.09. The average Bonchev–Trinajstić information content (AvgIpc) is 2.64. The van der Waals surface area contributed by atoms with Crippen molar-refractivity contribution in [2.24, 2.45) is 0 Å². The molecule has 90 valence electrons. The maximum Gasteiger partial charge on any atom is 0.0995 e. The molecule has 0 unspecified atom stereocenters. The molecule has 0 amide bonds. The van der Waals surface area contributed by atoms with E-state index in [4.69, 9.17) is 0 Å². The molecule has 1 heterocycles. The van der Waals surface area contributed by atoms with Crippen LogP contribution in [0, 0.1) is 13.8 Å². The Hall–Kier alpha value is -1.35. The van der Waals surface area contributed by atoms with Gasteiger partial charge in [0.25, 0.3) is 0 Å². The van der Waals surface area contributed by atoms with E-state index in [0.29, 0.717) is 0 Å². The predicted molar refractivity (Wildman–Crippen MR) is 75.6 cm³/mol. The van der Waals surface area contributed by atoms with Crippen LogP contribution < -0.4 is 0 Å². The molecule has 0 saturated carbocycles. The molecule has 2 nitrogen and oxygen atoms in total. The van der Waals surface area contributed by atoms with E-state index in [2.05, 4.69) is 54.0 Å². The summed E-state index contributed by atoms with van der Waals surface area (Å²) < 4.78 is 2.14. The standard InChI is InChI=1S/C14H20N2Si/c1-11-5-6-14(13(7-11)9-17(3)4)16-8-12(2)15-10-16/h5-8,10,17H,9H2,1-4H3. The number of imidazole rings is 1. The molecule has 0 N–H and O–H groups in total. The fraction of sp³-hybridized carbons (Fsp3) is 0.357. The van der Waals surface area contributed by atoms with Gasteiger partial charge in [-0.2, -0.15) is 0 Å². The van der Waals surface area contributed by atoms with Crippen molar-refractivity contribution in [1.29, 1.82) is 0 Å². The number of rotatable bonds is 3. The van der Waals surface area contributed by atoms with Gasteiger partial charge in [-0.05, 0) is 31.5 Å². The molecule has 0 fully saturated rings. The van der Waals surface area contributed by atoms with Gasteiger partial charge in [-0.25, -0.2) is 4.98 Å². The monoisotopic (exact) mass is 244 g/mol. The molecular weight excluding hydrogens is 224 g/mol. The van der Waals surface area contributed by atoms with Gasteiger partial charge in [-0.1, -0.05) is 30.8 Å². The van der Waals surface area contributed by atoms with E-state index in [-0.39, 0.29) is 0 Å². The third kappa shape index (κ3) is 2.85. The summed E-state index contributed by atoms with van der Waals surface area (Å²) in [7, 11) is -0.596. The Morgan fingerprint density at radius 3 is 2.59 bits per heavy atom. The van der Waals surface area contributed by atoms with Crippen molar-refractivity contribution in [1.82, 2.24) is 9.55 Å². The number of hydrogen-bond donors (Lipinski definition) is 0. The summed E-state index contributed by atoms with van der Waals surface area (Å²) in [6.07, 6.45) is 4.00. The van der Waals surface area contributed by atoms with E-state index >= 15 is 0 Å². The van der Waals surface area contributed by atoms with Gasteiger partial charge in [0, 0.05) is 20.7 Å². The molecule has 0 aliphatic carbocycles. The summed E-state index contributed by atoms with van der Waals surface area (Å²) in [5.41, 5.74) is 5.16. The fourth-order valence-corrected chi connectivity index (χ4v) is 3.33. The van der Waals surface area contributed by atoms with Gasteiger partial charge in [0.1, 0.15) is 0 Å². The Bertz CT molecular complexity index is 515. The first-order valence-electron chi connectivity index (χ1n) is 6.17. The van der Waals surface area contributed by atoms with Crippen molar-refractivity contribution >= 4 is 8.80 Å². The van der Waals surface area contributed by atoms with E-state index in [9.17, 15) is 0 Å². The Morgan fingerprint density at radius 2 is 2.00 bits per heavy atom. The van der Waals surface area contributed by atoms with Gasteiger partial charge in [-0.3, -0.25) is 0 Å². The van der Waals surface area contributed by atoms with Crippen LogP contribution in [-0.2, 0) is 6.04 Å². The van der Waals surface area contributed by atoms with E-state index in [0.717, 1.165) is 5.69 Å². The van der Waals surface area contributed by atoms with E-state index < -0.39 is 8.80 Å². The molecule has 17 heavy (non-hydrogen) atoms. The van der Waals surface area contributed by atoms with Gasteiger partial charge < -0.3 is 4.57 Å². The fourth-order valence-electron chi connectivity index (χ4n) is 2.12. The Labute approximate surface area is 105 Å². The zero-order valence-electron chi connectivity index (χ0n) is 11.1. The van der Waals surface area contributed by atoms with E-state index in [1.807, 2.05) is 13.3 Å². The minimum Gasteiger partial charge on any atom is -0.306 e. The molecule has 2 rings (SSSR count). The highest BCUT2D eigenvalue weighted by Crippen LogP contribution is 2.18. The summed E-state index contributed by atoms with van der Waals surface area (Å²) in [6.45, 7) is 8.98. The topological polar surface area (TPSA) is 17.8 Å². The summed E-state index contributed by atoms with van der Waals surface area (Å²) in [6, 6.07) is 7.95. The first-order chi connectivity index (χ1) is 8.06. The lowest BCUT2D eigenvalue weighted by Gasteiger charge is -2.12. The summed E-state index contributed by atoms with van der Waals surface area (Å²) in [5, 5.41) is 0. The van der Waals surface area contributed by atoms with Gasteiger partial charge in [0.05, 0.1) is 12.0 Å². The molecule has 1 aromatic carbocycles. The van der Waals surface area contributed by atoms with Crippen LogP contribution in [0.3, 0.4) is 0 Å². The molecule has 0 saturated heterocycles. The number of nitrogens with zero attached hydrogens (tertiary/aromatic N) is 2. The van der Waals surface area contributed by atoms with Crippen molar-refractivity contribution in [2.45, 2.75) is 33.0 Å². The Balaban J connectivity index is 2.45. The molecular formula is C14H20N2Si. The normalized spacial score (nSPS) is 11.1. The molecule has 1 aromatic heterocycles. The maximum absolute atomic E-state index is 4.31. The quantitative estimate of drug-likeness (QED) is 0.759. The summed E-state index contributed by atoms with van der Waals surface area (Å²) >= 11 is 0.